The number of carbonyl (C=O) groups excluding carboxylic acids is 1. The lowest BCUT2D eigenvalue weighted by Gasteiger charge is -2.37. The molecule has 124 valence electrons. The number of halogens is 1. The number of benzene rings is 1. The van der Waals surface area contributed by atoms with Crippen molar-refractivity contribution in [2.24, 2.45) is 0 Å². The average Bonchev–Trinajstić information content (AvgIpc) is 2.55. The van der Waals surface area contributed by atoms with E-state index in [-0.39, 0.29) is 24.4 Å². The first kappa shape index (κ1) is 18.7. The van der Waals surface area contributed by atoms with Gasteiger partial charge < -0.3 is 19.7 Å². The summed E-state index contributed by atoms with van der Waals surface area (Å²) in [5.74, 6) is 0.967. The number of amides is 1. The Morgan fingerprint density at radius 3 is 2.91 bits per heavy atom. The Hall–Kier alpha value is -1.30. The van der Waals surface area contributed by atoms with Crippen LogP contribution in [-0.2, 0) is 9.53 Å². The summed E-state index contributed by atoms with van der Waals surface area (Å²) in [7, 11) is 1.66. The van der Waals surface area contributed by atoms with Gasteiger partial charge >= 0.3 is 0 Å². The molecule has 0 bridgehead atoms. The van der Waals surface area contributed by atoms with Crippen LogP contribution >= 0.6 is 12.4 Å². The third kappa shape index (κ3) is 4.60. The molecule has 2 rings (SSSR count). The number of carbonyl (C=O) groups is 1. The van der Waals surface area contributed by atoms with Crippen LogP contribution in [0.5, 0.6) is 5.75 Å². The van der Waals surface area contributed by atoms with Gasteiger partial charge in [-0.15, -0.1) is 12.4 Å². The van der Waals surface area contributed by atoms with E-state index >= 15 is 0 Å². The molecule has 1 atom stereocenters. The fourth-order valence-electron chi connectivity index (χ4n) is 2.67. The summed E-state index contributed by atoms with van der Waals surface area (Å²) in [6.07, 6.45) is 0.430. The highest BCUT2D eigenvalue weighted by molar-refractivity contribution is 5.85. The molecule has 0 spiro atoms. The van der Waals surface area contributed by atoms with Gasteiger partial charge in [-0.25, -0.2) is 0 Å². The van der Waals surface area contributed by atoms with Gasteiger partial charge in [-0.1, -0.05) is 18.2 Å². The van der Waals surface area contributed by atoms with Crippen molar-refractivity contribution in [2.45, 2.75) is 19.4 Å². The lowest BCUT2D eigenvalue weighted by molar-refractivity contribution is -0.135. The summed E-state index contributed by atoms with van der Waals surface area (Å²) in [6.45, 7) is 5.36. The highest BCUT2D eigenvalue weighted by Gasteiger charge is 2.29. The van der Waals surface area contributed by atoms with Gasteiger partial charge in [0.05, 0.1) is 26.2 Å². The van der Waals surface area contributed by atoms with Gasteiger partial charge in [-0.3, -0.25) is 4.79 Å². The van der Waals surface area contributed by atoms with E-state index in [2.05, 4.69) is 5.32 Å². The van der Waals surface area contributed by atoms with Crippen LogP contribution in [0.2, 0.25) is 0 Å². The number of nitrogens with one attached hydrogen (secondary N) is 1. The molecule has 1 aliphatic heterocycles. The SMILES string of the molecule is CCOCCC(=O)N1CCNCC1c1ccccc1OC.Cl. The molecule has 6 heteroatoms. The van der Waals surface area contributed by atoms with Gasteiger partial charge in [-0.05, 0) is 13.0 Å². The Morgan fingerprint density at radius 2 is 2.18 bits per heavy atom. The first-order valence-electron chi connectivity index (χ1n) is 7.48. The molecular weight excluding hydrogens is 304 g/mol. The fourth-order valence-corrected chi connectivity index (χ4v) is 2.67. The fraction of sp³-hybridized carbons (Fsp3) is 0.562. The zero-order valence-corrected chi connectivity index (χ0v) is 14.0. The summed E-state index contributed by atoms with van der Waals surface area (Å²) < 4.78 is 10.7. The van der Waals surface area contributed by atoms with Gasteiger partial charge in [0.1, 0.15) is 5.75 Å². The molecule has 1 saturated heterocycles. The summed E-state index contributed by atoms with van der Waals surface area (Å²) in [4.78, 5) is 14.4. The molecule has 0 saturated carbocycles. The first-order chi connectivity index (χ1) is 10.3. The van der Waals surface area contributed by atoms with Crippen molar-refractivity contribution in [3.05, 3.63) is 29.8 Å². The molecule has 22 heavy (non-hydrogen) atoms. The van der Waals surface area contributed by atoms with Gasteiger partial charge in [0, 0.05) is 31.8 Å². The van der Waals surface area contributed by atoms with Crippen molar-refractivity contribution < 1.29 is 14.3 Å². The number of rotatable bonds is 6. The molecule has 0 aromatic heterocycles. The number of piperazine rings is 1. The largest absolute Gasteiger partial charge is 0.496 e. The van der Waals surface area contributed by atoms with Crippen LogP contribution in [0.4, 0.5) is 0 Å². The molecule has 5 nitrogen and oxygen atoms in total. The molecule has 0 radical (unpaired) electrons. The number of ether oxygens (including phenoxy) is 2. The van der Waals surface area contributed by atoms with E-state index in [1.807, 2.05) is 36.1 Å². The Bertz CT molecular complexity index is 470. The van der Waals surface area contributed by atoms with Crippen LogP contribution in [0.3, 0.4) is 0 Å². The lowest BCUT2D eigenvalue weighted by atomic mass is 10.0. The second kappa shape index (κ2) is 9.66. The normalized spacial score (nSPS) is 17.7. The number of methoxy groups -OCH3 is 1. The van der Waals surface area contributed by atoms with E-state index in [1.165, 1.54) is 0 Å². The number of hydrogen-bond acceptors (Lipinski definition) is 4. The molecular formula is C16H25ClN2O3. The second-order valence-electron chi connectivity index (χ2n) is 5.00. The quantitative estimate of drug-likeness (QED) is 0.812. The van der Waals surface area contributed by atoms with Crippen molar-refractivity contribution in [3.63, 3.8) is 0 Å². The minimum atomic E-state index is 0. The second-order valence-corrected chi connectivity index (χ2v) is 5.00. The molecule has 1 fully saturated rings. The molecule has 1 aromatic carbocycles. The topological polar surface area (TPSA) is 50.8 Å². The van der Waals surface area contributed by atoms with E-state index < -0.39 is 0 Å². The van der Waals surface area contributed by atoms with E-state index in [9.17, 15) is 4.79 Å². The van der Waals surface area contributed by atoms with Gasteiger partial charge in [-0.2, -0.15) is 0 Å². The predicted octanol–water partition coefficient (Wildman–Crippen LogP) is 2.02. The predicted molar refractivity (Wildman–Crippen MR) is 88.7 cm³/mol. The van der Waals surface area contributed by atoms with Crippen molar-refractivity contribution in [1.29, 1.82) is 0 Å². The minimum Gasteiger partial charge on any atom is -0.496 e. The van der Waals surface area contributed by atoms with Crippen LogP contribution in [0.15, 0.2) is 24.3 Å². The van der Waals surface area contributed by atoms with Crippen LogP contribution in [-0.4, -0.2) is 50.8 Å². The van der Waals surface area contributed by atoms with Crippen LogP contribution in [0.1, 0.15) is 24.9 Å². The molecule has 1 amide bonds. The molecule has 1 heterocycles. The Morgan fingerprint density at radius 1 is 1.41 bits per heavy atom. The number of hydrogen-bond donors (Lipinski definition) is 1. The zero-order chi connectivity index (χ0) is 15.1. The van der Waals surface area contributed by atoms with E-state index in [0.29, 0.717) is 26.2 Å². The van der Waals surface area contributed by atoms with Crippen LogP contribution < -0.4 is 10.1 Å². The van der Waals surface area contributed by atoms with Crippen molar-refractivity contribution in [2.75, 3.05) is 40.0 Å². The molecule has 1 unspecified atom stereocenters. The lowest BCUT2D eigenvalue weighted by Crippen LogP contribution is -2.49. The third-order valence-corrected chi connectivity index (χ3v) is 3.73. The van der Waals surface area contributed by atoms with Gasteiger partial charge in [0.15, 0.2) is 0 Å². The number of nitrogens with zero attached hydrogens (tertiary/aromatic N) is 1. The van der Waals surface area contributed by atoms with Crippen molar-refractivity contribution in [3.8, 4) is 5.75 Å². The standard InChI is InChI=1S/C16H24N2O3.ClH/c1-3-21-11-8-16(19)18-10-9-17-12-14(18)13-6-4-5-7-15(13)20-2;/h4-7,14,17H,3,8-12H2,1-2H3;1H. The minimum absolute atomic E-state index is 0. The molecule has 1 aliphatic rings. The molecule has 0 aliphatic carbocycles. The smallest absolute Gasteiger partial charge is 0.225 e. The highest BCUT2D eigenvalue weighted by Crippen LogP contribution is 2.30. The summed E-state index contributed by atoms with van der Waals surface area (Å²) in [6, 6.07) is 7.91. The van der Waals surface area contributed by atoms with Crippen molar-refractivity contribution >= 4 is 18.3 Å². The highest BCUT2D eigenvalue weighted by atomic mass is 35.5. The summed E-state index contributed by atoms with van der Waals surface area (Å²) in [5.41, 5.74) is 1.05. The monoisotopic (exact) mass is 328 g/mol. The maximum Gasteiger partial charge on any atom is 0.225 e. The van der Waals surface area contributed by atoms with Crippen LogP contribution in [0.25, 0.3) is 0 Å². The van der Waals surface area contributed by atoms with E-state index in [1.54, 1.807) is 7.11 Å². The zero-order valence-electron chi connectivity index (χ0n) is 13.2. The Kier molecular flexibility index (Phi) is 8.24. The van der Waals surface area contributed by atoms with Crippen LogP contribution in [0, 0.1) is 0 Å². The summed E-state index contributed by atoms with van der Waals surface area (Å²) in [5, 5.41) is 3.36. The van der Waals surface area contributed by atoms with E-state index in [4.69, 9.17) is 9.47 Å². The Labute approximate surface area is 138 Å². The Balaban J connectivity index is 0.00000242. The number of para-hydroxylation sites is 1. The van der Waals surface area contributed by atoms with Gasteiger partial charge in [0.25, 0.3) is 0 Å². The van der Waals surface area contributed by atoms with E-state index in [0.717, 1.165) is 24.4 Å². The summed E-state index contributed by atoms with van der Waals surface area (Å²) >= 11 is 0. The average molecular weight is 329 g/mol. The molecule has 1 N–H and O–H groups in total. The van der Waals surface area contributed by atoms with Gasteiger partial charge in [0.2, 0.25) is 5.91 Å². The maximum absolute atomic E-state index is 12.4. The maximum atomic E-state index is 12.4. The third-order valence-electron chi connectivity index (χ3n) is 3.73. The first-order valence-corrected chi connectivity index (χ1v) is 7.48. The van der Waals surface area contributed by atoms with Crippen molar-refractivity contribution in [1.82, 2.24) is 10.2 Å². The molecule has 1 aromatic rings.